The highest BCUT2D eigenvalue weighted by Gasteiger charge is 2.40. The van der Waals surface area contributed by atoms with Crippen molar-refractivity contribution in [3.63, 3.8) is 0 Å². The molecule has 0 radical (unpaired) electrons. The van der Waals surface area contributed by atoms with Gasteiger partial charge in [0, 0.05) is 37.1 Å². The van der Waals surface area contributed by atoms with E-state index < -0.39 is 23.9 Å². The number of amides is 4. The van der Waals surface area contributed by atoms with E-state index in [1.165, 1.54) is 6.20 Å². The largest absolute Gasteiger partial charge is 0.371 e. The molecule has 150 valence electrons. The minimum Gasteiger partial charge on any atom is -0.371 e. The molecule has 0 aliphatic carbocycles. The Morgan fingerprint density at radius 1 is 1.04 bits per heavy atom. The zero-order chi connectivity index (χ0) is 20.8. The lowest BCUT2D eigenvalue weighted by Crippen LogP contribution is -2.56. The summed E-state index contributed by atoms with van der Waals surface area (Å²) in [5.41, 5.74) is 0.981. The van der Waals surface area contributed by atoms with E-state index in [9.17, 15) is 19.2 Å². The normalized spacial score (nSPS) is 15.7. The topological polar surface area (TPSA) is 96.0 Å². The summed E-state index contributed by atoms with van der Waals surface area (Å²) in [6.07, 6.45) is 0.767. The smallest absolute Gasteiger partial charge is 0.333 e. The maximum absolute atomic E-state index is 12.4. The molecule has 1 atom stereocenters. The van der Waals surface area contributed by atoms with Crippen LogP contribution in [0.2, 0.25) is 0 Å². The number of rotatable bonds is 8. The van der Waals surface area contributed by atoms with Crippen molar-refractivity contribution < 1.29 is 23.9 Å². The molecule has 0 bridgehead atoms. The van der Waals surface area contributed by atoms with Crippen LogP contribution < -0.4 is 5.32 Å². The predicted octanol–water partition coefficient (Wildman–Crippen LogP) is 2.42. The molecule has 1 N–H and O–H groups in total. The van der Waals surface area contributed by atoms with Crippen molar-refractivity contribution in [2.45, 2.75) is 33.8 Å². The standard InChI is InChI=1S/C20H25N3O5/c1-5-22-18(25)16(19(26)23(6-2)20(22)27)12-21-15-10-8-14(9-11-15)17(24)13(4)28-7-3/h8-13,21H,5-7H2,1-4H3. The average molecular weight is 387 g/mol. The lowest BCUT2D eigenvalue weighted by atomic mass is 10.1. The lowest BCUT2D eigenvalue weighted by Gasteiger charge is -2.32. The number of ether oxygens (including phenoxy) is 1. The Kier molecular flexibility index (Phi) is 7.06. The van der Waals surface area contributed by atoms with E-state index in [0.717, 1.165) is 9.80 Å². The molecule has 1 aliphatic rings. The zero-order valence-electron chi connectivity index (χ0n) is 16.5. The van der Waals surface area contributed by atoms with Crippen molar-refractivity contribution in [3.8, 4) is 0 Å². The summed E-state index contributed by atoms with van der Waals surface area (Å²) in [6, 6.07) is 6.01. The van der Waals surface area contributed by atoms with Gasteiger partial charge in [0.25, 0.3) is 11.8 Å². The Bertz CT molecular complexity index is 773. The number of likely N-dealkylation sites (N-methyl/N-ethyl adjacent to an activating group) is 2. The molecule has 28 heavy (non-hydrogen) atoms. The molecule has 0 aromatic heterocycles. The Labute approximate surface area is 164 Å². The molecule has 1 aromatic rings. The van der Waals surface area contributed by atoms with Crippen LogP contribution in [-0.2, 0) is 14.3 Å². The summed E-state index contributed by atoms with van der Waals surface area (Å²) in [5.74, 6) is -1.39. The molecule has 8 heteroatoms. The van der Waals surface area contributed by atoms with Crippen molar-refractivity contribution in [2.75, 3.05) is 25.0 Å². The Hall–Kier alpha value is -3.00. The minimum absolute atomic E-state index is 0.117. The summed E-state index contributed by atoms with van der Waals surface area (Å²) in [5, 5.41) is 2.89. The first-order valence-corrected chi connectivity index (χ1v) is 9.25. The molecule has 0 saturated carbocycles. The monoisotopic (exact) mass is 387 g/mol. The number of anilines is 1. The Balaban J connectivity index is 2.17. The van der Waals surface area contributed by atoms with Crippen molar-refractivity contribution in [1.29, 1.82) is 0 Å². The molecule has 1 fully saturated rings. The first-order valence-electron chi connectivity index (χ1n) is 9.25. The van der Waals surface area contributed by atoms with Crippen LogP contribution >= 0.6 is 0 Å². The van der Waals surface area contributed by atoms with Crippen LogP contribution in [0.15, 0.2) is 36.0 Å². The van der Waals surface area contributed by atoms with Gasteiger partial charge in [-0.15, -0.1) is 0 Å². The summed E-state index contributed by atoms with van der Waals surface area (Å²) in [7, 11) is 0. The molecular formula is C20H25N3O5. The first kappa shape index (κ1) is 21.3. The number of carbonyl (C=O) groups excluding carboxylic acids is 4. The van der Waals surface area contributed by atoms with Crippen LogP contribution in [0.25, 0.3) is 0 Å². The molecule has 8 nitrogen and oxygen atoms in total. The number of urea groups is 1. The van der Waals surface area contributed by atoms with Gasteiger partial charge in [-0.2, -0.15) is 0 Å². The highest BCUT2D eigenvalue weighted by Crippen LogP contribution is 2.18. The molecular weight excluding hydrogens is 362 g/mol. The SMILES string of the molecule is CCOC(C)C(=O)c1ccc(NC=C2C(=O)N(CC)C(=O)N(CC)C2=O)cc1. The average Bonchev–Trinajstić information content (AvgIpc) is 2.68. The number of Topliss-reactive ketones (excluding diaryl/α,β-unsaturated/α-hetero) is 1. The third kappa shape index (κ3) is 4.28. The second-order valence-electron chi connectivity index (χ2n) is 6.12. The summed E-state index contributed by atoms with van der Waals surface area (Å²) in [4.78, 5) is 51.3. The van der Waals surface area contributed by atoms with E-state index in [2.05, 4.69) is 5.32 Å². The van der Waals surface area contributed by atoms with E-state index in [1.54, 1.807) is 45.0 Å². The fourth-order valence-corrected chi connectivity index (χ4v) is 2.83. The van der Waals surface area contributed by atoms with Gasteiger partial charge >= 0.3 is 6.03 Å². The van der Waals surface area contributed by atoms with Gasteiger partial charge in [-0.1, -0.05) is 0 Å². The summed E-state index contributed by atoms with van der Waals surface area (Å²) < 4.78 is 5.30. The van der Waals surface area contributed by atoms with Gasteiger partial charge in [-0.3, -0.25) is 24.2 Å². The van der Waals surface area contributed by atoms with Gasteiger partial charge in [0.1, 0.15) is 11.7 Å². The van der Waals surface area contributed by atoms with Gasteiger partial charge in [0.2, 0.25) is 0 Å². The summed E-state index contributed by atoms with van der Waals surface area (Å²) >= 11 is 0. The number of imide groups is 2. The lowest BCUT2D eigenvalue weighted by molar-refractivity contribution is -0.135. The van der Waals surface area contributed by atoms with Crippen molar-refractivity contribution >= 4 is 29.3 Å². The fourth-order valence-electron chi connectivity index (χ4n) is 2.83. The molecule has 1 aliphatic heterocycles. The van der Waals surface area contributed by atoms with Crippen LogP contribution in [0, 0.1) is 0 Å². The Morgan fingerprint density at radius 2 is 1.57 bits per heavy atom. The number of hydrogen-bond acceptors (Lipinski definition) is 6. The first-order chi connectivity index (χ1) is 13.3. The van der Waals surface area contributed by atoms with E-state index in [1.807, 2.05) is 6.92 Å². The molecule has 4 amide bonds. The van der Waals surface area contributed by atoms with Gasteiger partial charge in [-0.05, 0) is 52.0 Å². The Morgan fingerprint density at radius 3 is 2.04 bits per heavy atom. The second-order valence-corrected chi connectivity index (χ2v) is 6.12. The maximum Gasteiger partial charge on any atom is 0.333 e. The van der Waals surface area contributed by atoms with Gasteiger partial charge in [-0.25, -0.2) is 4.79 Å². The molecule has 1 saturated heterocycles. The van der Waals surface area contributed by atoms with Crippen molar-refractivity contribution in [3.05, 3.63) is 41.6 Å². The number of nitrogens with zero attached hydrogens (tertiary/aromatic N) is 2. The minimum atomic E-state index is -0.632. The molecule has 1 unspecified atom stereocenters. The van der Waals surface area contributed by atoms with Gasteiger partial charge in [0.15, 0.2) is 5.78 Å². The quantitative estimate of drug-likeness (QED) is 0.418. The number of benzene rings is 1. The van der Waals surface area contributed by atoms with E-state index in [0.29, 0.717) is 17.9 Å². The second kappa shape index (κ2) is 9.27. The van der Waals surface area contributed by atoms with Crippen LogP contribution in [0.4, 0.5) is 10.5 Å². The number of hydrogen-bond donors (Lipinski definition) is 1. The molecule has 1 heterocycles. The number of ketones is 1. The number of barbiturate groups is 1. The van der Waals surface area contributed by atoms with E-state index >= 15 is 0 Å². The van der Waals surface area contributed by atoms with E-state index in [-0.39, 0.29) is 24.4 Å². The fraction of sp³-hybridized carbons (Fsp3) is 0.400. The predicted molar refractivity (Wildman–Crippen MR) is 104 cm³/mol. The van der Waals surface area contributed by atoms with Gasteiger partial charge in [0.05, 0.1) is 0 Å². The van der Waals surface area contributed by atoms with Crippen LogP contribution in [0.3, 0.4) is 0 Å². The van der Waals surface area contributed by atoms with Crippen LogP contribution in [0.5, 0.6) is 0 Å². The highest BCUT2D eigenvalue weighted by molar-refractivity contribution is 6.28. The summed E-state index contributed by atoms with van der Waals surface area (Å²) in [6.45, 7) is 7.66. The number of nitrogens with one attached hydrogen (secondary N) is 1. The molecule has 1 aromatic carbocycles. The molecule has 0 spiro atoms. The van der Waals surface area contributed by atoms with Gasteiger partial charge < -0.3 is 10.1 Å². The van der Waals surface area contributed by atoms with E-state index in [4.69, 9.17) is 4.74 Å². The van der Waals surface area contributed by atoms with Crippen LogP contribution in [0.1, 0.15) is 38.1 Å². The maximum atomic E-state index is 12.4. The van der Waals surface area contributed by atoms with Crippen LogP contribution in [-0.4, -0.2) is 59.2 Å². The van der Waals surface area contributed by atoms with Crippen molar-refractivity contribution in [2.24, 2.45) is 0 Å². The molecule has 2 rings (SSSR count). The zero-order valence-corrected chi connectivity index (χ0v) is 16.5. The third-order valence-corrected chi connectivity index (χ3v) is 4.38. The highest BCUT2D eigenvalue weighted by atomic mass is 16.5. The third-order valence-electron chi connectivity index (χ3n) is 4.38. The van der Waals surface area contributed by atoms with Crippen molar-refractivity contribution in [1.82, 2.24) is 9.80 Å². The number of carbonyl (C=O) groups is 4.